The topological polar surface area (TPSA) is 51.0 Å². The number of aryl methyl sites for hydroxylation is 4. The molecule has 0 bridgehead atoms. The fourth-order valence-corrected chi connectivity index (χ4v) is 4.15. The number of thiophene rings is 1. The molecular formula is C16H22N4OS. The molecule has 0 saturated carbocycles. The van der Waals surface area contributed by atoms with Crippen molar-refractivity contribution in [1.29, 1.82) is 0 Å². The summed E-state index contributed by atoms with van der Waals surface area (Å²) in [5.74, 6) is 1.88. The van der Waals surface area contributed by atoms with Gasteiger partial charge in [-0.3, -0.25) is 4.79 Å². The fraction of sp³-hybridized carbons (Fsp3) is 0.562. The molecular weight excluding hydrogens is 296 g/mol. The zero-order valence-corrected chi connectivity index (χ0v) is 14.4. The van der Waals surface area contributed by atoms with E-state index in [1.165, 1.54) is 4.88 Å². The van der Waals surface area contributed by atoms with Crippen LogP contribution in [-0.2, 0) is 0 Å². The first-order chi connectivity index (χ1) is 10.5. The van der Waals surface area contributed by atoms with E-state index in [0.29, 0.717) is 0 Å². The minimum atomic E-state index is 0.154. The quantitative estimate of drug-likeness (QED) is 0.855. The van der Waals surface area contributed by atoms with Crippen molar-refractivity contribution in [2.75, 3.05) is 13.1 Å². The molecule has 0 aromatic carbocycles. The summed E-state index contributed by atoms with van der Waals surface area (Å²) in [6, 6.07) is 2.25. The summed E-state index contributed by atoms with van der Waals surface area (Å²) >= 11 is 1.69. The maximum absolute atomic E-state index is 12.8. The molecule has 22 heavy (non-hydrogen) atoms. The van der Waals surface area contributed by atoms with Crippen molar-refractivity contribution < 1.29 is 4.79 Å². The van der Waals surface area contributed by atoms with E-state index in [9.17, 15) is 4.79 Å². The van der Waals surface area contributed by atoms with E-state index in [1.807, 2.05) is 36.4 Å². The van der Waals surface area contributed by atoms with Crippen LogP contribution in [0.5, 0.6) is 0 Å². The van der Waals surface area contributed by atoms with Crippen molar-refractivity contribution in [3.63, 3.8) is 0 Å². The number of carbonyl (C=O) groups excluding carboxylic acids is 1. The molecule has 1 atom stereocenters. The molecule has 1 aliphatic rings. The lowest BCUT2D eigenvalue weighted by molar-refractivity contribution is 0.0671. The highest BCUT2D eigenvalue weighted by Crippen LogP contribution is 2.26. The van der Waals surface area contributed by atoms with Crippen LogP contribution in [0.25, 0.3) is 0 Å². The van der Waals surface area contributed by atoms with Crippen LogP contribution in [0.3, 0.4) is 0 Å². The summed E-state index contributed by atoms with van der Waals surface area (Å²) in [5.41, 5.74) is 0.856. The number of likely N-dealkylation sites (tertiary alicyclic amines) is 1. The molecule has 0 N–H and O–H groups in total. The predicted molar refractivity (Wildman–Crippen MR) is 87.5 cm³/mol. The molecule has 1 amide bonds. The molecule has 0 unspecified atom stereocenters. The van der Waals surface area contributed by atoms with Crippen molar-refractivity contribution in [2.45, 2.75) is 46.6 Å². The molecule has 118 valence electrons. The fourth-order valence-electron chi connectivity index (χ4n) is 3.23. The predicted octanol–water partition coefficient (Wildman–Crippen LogP) is 3.05. The van der Waals surface area contributed by atoms with Crippen LogP contribution >= 0.6 is 11.3 Å². The molecule has 0 spiro atoms. The average molecular weight is 318 g/mol. The van der Waals surface area contributed by atoms with Crippen LogP contribution in [-0.4, -0.2) is 38.7 Å². The number of nitrogens with zero attached hydrogens (tertiary/aromatic N) is 4. The number of amides is 1. The van der Waals surface area contributed by atoms with Gasteiger partial charge in [0.15, 0.2) is 0 Å². The number of hydrogen-bond acceptors (Lipinski definition) is 4. The maximum atomic E-state index is 12.8. The highest BCUT2D eigenvalue weighted by Gasteiger charge is 2.28. The Hall–Kier alpha value is -1.69. The lowest BCUT2D eigenvalue weighted by Crippen LogP contribution is -2.41. The molecule has 3 heterocycles. The maximum Gasteiger partial charge on any atom is 0.255 e. The van der Waals surface area contributed by atoms with Crippen LogP contribution < -0.4 is 0 Å². The third kappa shape index (κ3) is 2.79. The van der Waals surface area contributed by atoms with E-state index >= 15 is 0 Å². The van der Waals surface area contributed by atoms with Gasteiger partial charge >= 0.3 is 0 Å². The first-order valence-electron chi connectivity index (χ1n) is 7.71. The highest BCUT2D eigenvalue weighted by molar-refractivity contribution is 7.12. The highest BCUT2D eigenvalue weighted by atomic mass is 32.1. The van der Waals surface area contributed by atoms with E-state index in [4.69, 9.17) is 0 Å². The van der Waals surface area contributed by atoms with Crippen LogP contribution in [0.1, 0.15) is 50.6 Å². The number of carbonyl (C=O) groups is 1. The van der Waals surface area contributed by atoms with Crippen LogP contribution in [0, 0.1) is 27.7 Å². The molecule has 2 aromatic heterocycles. The van der Waals surface area contributed by atoms with Crippen molar-refractivity contribution in [2.24, 2.45) is 0 Å². The third-order valence-corrected chi connectivity index (χ3v) is 5.17. The Morgan fingerprint density at radius 2 is 2.09 bits per heavy atom. The van der Waals surface area contributed by atoms with E-state index in [1.54, 1.807) is 11.3 Å². The van der Waals surface area contributed by atoms with Crippen molar-refractivity contribution >= 4 is 17.2 Å². The minimum absolute atomic E-state index is 0.154. The molecule has 5 nitrogen and oxygen atoms in total. The lowest BCUT2D eigenvalue weighted by Gasteiger charge is -2.33. The van der Waals surface area contributed by atoms with E-state index in [-0.39, 0.29) is 11.9 Å². The zero-order chi connectivity index (χ0) is 15.9. The molecule has 1 saturated heterocycles. The SMILES string of the molecule is Cc1nc(C)n([C@H]2CCCN(C(=O)c3cc(C)sc3C)C2)n1. The van der Waals surface area contributed by atoms with Gasteiger partial charge in [0.2, 0.25) is 0 Å². The standard InChI is InChI=1S/C16H22N4OS/c1-10-8-15(11(2)22-10)16(21)19-7-5-6-14(9-19)20-13(4)17-12(3)18-20/h8,14H,5-7,9H2,1-4H3/t14-/m0/s1. The van der Waals surface area contributed by atoms with Gasteiger partial charge in [0.1, 0.15) is 11.6 Å². The van der Waals surface area contributed by atoms with Crippen LogP contribution in [0.4, 0.5) is 0 Å². The van der Waals surface area contributed by atoms with Gasteiger partial charge in [0.05, 0.1) is 11.6 Å². The molecule has 6 heteroatoms. The smallest absolute Gasteiger partial charge is 0.255 e. The van der Waals surface area contributed by atoms with Crippen molar-refractivity contribution in [3.8, 4) is 0 Å². The Balaban J connectivity index is 1.80. The van der Waals surface area contributed by atoms with E-state index in [0.717, 1.165) is 48.0 Å². The third-order valence-electron chi connectivity index (χ3n) is 4.21. The molecule has 1 aliphatic heterocycles. The summed E-state index contributed by atoms with van der Waals surface area (Å²) in [6.45, 7) is 9.51. The van der Waals surface area contributed by atoms with Gasteiger partial charge in [0.25, 0.3) is 5.91 Å². The summed E-state index contributed by atoms with van der Waals surface area (Å²) in [5, 5.41) is 4.49. The molecule has 1 fully saturated rings. The Bertz CT molecular complexity index is 703. The van der Waals surface area contributed by atoms with Gasteiger partial charge in [0, 0.05) is 22.8 Å². The van der Waals surface area contributed by atoms with Crippen molar-refractivity contribution in [1.82, 2.24) is 19.7 Å². The van der Waals surface area contributed by atoms with Crippen molar-refractivity contribution in [3.05, 3.63) is 33.0 Å². The number of rotatable bonds is 2. The number of piperidine rings is 1. The van der Waals surface area contributed by atoms with Gasteiger partial charge in [-0.15, -0.1) is 11.3 Å². The Kier molecular flexibility index (Phi) is 4.04. The molecule has 0 radical (unpaired) electrons. The lowest BCUT2D eigenvalue weighted by atomic mass is 10.0. The second-order valence-electron chi connectivity index (χ2n) is 6.02. The Morgan fingerprint density at radius 3 is 2.68 bits per heavy atom. The normalized spacial score (nSPS) is 18.7. The summed E-state index contributed by atoms with van der Waals surface area (Å²) in [6.07, 6.45) is 2.06. The van der Waals surface area contributed by atoms with Gasteiger partial charge in [-0.05, 0) is 46.6 Å². The summed E-state index contributed by atoms with van der Waals surface area (Å²) < 4.78 is 1.99. The second-order valence-corrected chi connectivity index (χ2v) is 7.49. The van der Waals surface area contributed by atoms with Crippen LogP contribution in [0.2, 0.25) is 0 Å². The Labute approximate surface area is 135 Å². The molecule has 3 rings (SSSR count). The Morgan fingerprint density at radius 1 is 1.32 bits per heavy atom. The summed E-state index contributed by atoms with van der Waals surface area (Å²) in [7, 11) is 0. The van der Waals surface area contributed by atoms with Gasteiger partial charge in [-0.25, -0.2) is 9.67 Å². The summed E-state index contributed by atoms with van der Waals surface area (Å²) in [4.78, 5) is 21.4. The van der Waals surface area contributed by atoms with Gasteiger partial charge in [-0.2, -0.15) is 5.10 Å². The van der Waals surface area contributed by atoms with E-state index < -0.39 is 0 Å². The van der Waals surface area contributed by atoms with Crippen LogP contribution in [0.15, 0.2) is 6.07 Å². The van der Waals surface area contributed by atoms with E-state index in [2.05, 4.69) is 17.0 Å². The monoisotopic (exact) mass is 318 g/mol. The number of aromatic nitrogens is 3. The largest absolute Gasteiger partial charge is 0.336 e. The number of hydrogen-bond donors (Lipinski definition) is 0. The first-order valence-corrected chi connectivity index (χ1v) is 8.53. The van der Waals surface area contributed by atoms with Gasteiger partial charge < -0.3 is 4.90 Å². The second kappa shape index (κ2) is 5.83. The van der Waals surface area contributed by atoms with Gasteiger partial charge in [-0.1, -0.05) is 0 Å². The average Bonchev–Trinajstić information content (AvgIpc) is 2.99. The molecule has 0 aliphatic carbocycles. The zero-order valence-electron chi connectivity index (χ0n) is 13.6. The first kappa shape index (κ1) is 15.2. The molecule has 2 aromatic rings. The minimum Gasteiger partial charge on any atom is -0.336 e.